The van der Waals surface area contributed by atoms with E-state index in [0.29, 0.717) is 22.8 Å². The Morgan fingerprint density at radius 3 is 2.41 bits per heavy atom. The third-order valence-electron chi connectivity index (χ3n) is 4.62. The maximum atomic E-state index is 12.4. The third-order valence-corrected chi connectivity index (χ3v) is 4.62. The molecular formula is C23H32F3N5O3. The van der Waals surface area contributed by atoms with Gasteiger partial charge in [-0.15, -0.1) is 13.2 Å². The maximum Gasteiger partial charge on any atom is 0.573 e. The second-order valence-electron chi connectivity index (χ2n) is 8.59. The molecule has 0 spiro atoms. The van der Waals surface area contributed by atoms with Crippen LogP contribution >= 0.6 is 0 Å². The highest BCUT2D eigenvalue weighted by Crippen LogP contribution is 2.28. The Morgan fingerprint density at radius 2 is 1.82 bits per heavy atom. The predicted octanol–water partition coefficient (Wildman–Crippen LogP) is 5.23. The number of halogens is 3. The van der Waals surface area contributed by atoms with Gasteiger partial charge in [-0.2, -0.15) is 0 Å². The Bertz CT molecular complexity index is 942. The van der Waals surface area contributed by atoms with Crippen LogP contribution in [0.15, 0.2) is 36.5 Å². The number of rotatable bonds is 5. The predicted molar refractivity (Wildman–Crippen MR) is 126 cm³/mol. The van der Waals surface area contributed by atoms with E-state index in [1.165, 1.54) is 18.3 Å². The second kappa shape index (κ2) is 11.7. The number of pyridine rings is 1. The summed E-state index contributed by atoms with van der Waals surface area (Å²) in [6, 6.07) is 7.59. The summed E-state index contributed by atoms with van der Waals surface area (Å²) in [5.41, 5.74) is 6.75. The summed E-state index contributed by atoms with van der Waals surface area (Å²) in [5, 5.41) is 5.83. The van der Waals surface area contributed by atoms with Crippen molar-refractivity contribution in [1.29, 1.82) is 0 Å². The SMILES string of the molecule is CC(C)(C)OC(=O)N1CCCC1.CNc1cc(NCc2ccccc2OC(F)(F)F)c(N)cn1. The van der Waals surface area contributed by atoms with E-state index >= 15 is 0 Å². The fraction of sp³-hybridized carbons (Fsp3) is 0.478. The van der Waals surface area contributed by atoms with Crippen LogP contribution in [0.5, 0.6) is 5.75 Å². The summed E-state index contributed by atoms with van der Waals surface area (Å²) >= 11 is 0. The van der Waals surface area contributed by atoms with Crippen LogP contribution in [0, 0.1) is 0 Å². The van der Waals surface area contributed by atoms with Crippen molar-refractivity contribution in [3.63, 3.8) is 0 Å². The highest BCUT2D eigenvalue weighted by atomic mass is 19.4. The molecule has 2 heterocycles. The average molecular weight is 484 g/mol. The van der Waals surface area contributed by atoms with E-state index in [9.17, 15) is 18.0 Å². The zero-order valence-electron chi connectivity index (χ0n) is 19.8. The Hall–Kier alpha value is -3.37. The van der Waals surface area contributed by atoms with E-state index in [2.05, 4.69) is 20.4 Å². The van der Waals surface area contributed by atoms with Gasteiger partial charge in [-0.3, -0.25) is 0 Å². The molecule has 0 atom stereocenters. The van der Waals surface area contributed by atoms with Crippen LogP contribution < -0.4 is 21.1 Å². The van der Waals surface area contributed by atoms with Crippen LogP contribution in [0.4, 0.5) is 35.2 Å². The lowest BCUT2D eigenvalue weighted by Crippen LogP contribution is -2.34. The Labute approximate surface area is 197 Å². The van der Waals surface area contributed by atoms with Gasteiger partial charge in [0.1, 0.15) is 17.2 Å². The number of hydrogen-bond acceptors (Lipinski definition) is 7. The van der Waals surface area contributed by atoms with Crippen molar-refractivity contribution in [1.82, 2.24) is 9.88 Å². The molecular weight excluding hydrogens is 451 g/mol. The van der Waals surface area contributed by atoms with Gasteiger partial charge in [-0.05, 0) is 39.7 Å². The molecule has 1 fully saturated rings. The van der Waals surface area contributed by atoms with E-state index in [-0.39, 0.29) is 24.0 Å². The Kier molecular flexibility index (Phi) is 9.22. The number of hydrogen-bond donors (Lipinski definition) is 3. The number of nitrogens with two attached hydrogens (primary N) is 1. The summed E-state index contributed by atoms with van der Waals surface area (Å²) in [4.78, 5) is 17.2. The normalized spacial score (nSPS) is 13.6. The van der Waals surface area contributed by atoms with Crippen LogP contribution in [0.25, 0.3) is 0 Å². The number of carbonyl (C=O) groups excluding carboxylic acids is 1. The molecule has 1 aromatic carbocycles. The number of para-hydroxylation sites is 1. The largest absolute Gasteiger partial charge is 0.573 e. The van der Waals surface area contributed by atoms with Crippen molar-refractivity contribution < 1.29 is 27.4 Å². The van der Waals surface area contributed by atoms with Crippen LogP contribution in [0.1, 0.15) is 39.2 Å². The molecule has 0 bridgehead atoms. The zero-order valence-corrected chi connectivity index (χ0v) is 19.8. The minimum Gasteiger partial charge on any atom is -0.444 e. The number of nitrogens with one attached hydrogen (secondary N) is 2. The smallest absolute Gasteiger partial charge is 0.444 e. The molecule has 0 radical (unpaired) electrons. The first-order valence-corrected chi connectivity index (χ1v) is 10.9. The standard InChI is InChI=1S/C14H15F3N4O.C9H17NO2/c1-19-13-6-11(10(18)8-21-13)20-7-9-4-2-3-5-12(9)22-14(15,16)17;1-9(2,3)12-8(11)10-6-4-5-7-10/h2-6,8H,7,18H2,1H3,(H2,19,20,21);4-7H2,1-3H3. The first-order valence-electron chi connectivity index (χ1n) is 10.9. The molecule has 0 aliphatic carbocycles. The molecule has 188 valence electrons. The number of alkyl halides is 3. The minimum atomic E-state index is -4.73. The number of anilines is 3. The van der Waals surface area contributed by atoms with Gasteiger partial charge in [0.15, 0.2) is 0 Å². The summed E-state index contributed by atoms with van der Waals surface area (Å²) in [7, 11) is 1.70. The lowest BCUT2D eigenvalue weighted by Gasteiger charge is -2.23. The van der Waals surface area contributed by atoms with Crippen molar-refractivity contribution in [2.24, 2.45) is 0 Å². The molecule has 1 aliphatic rings. The number of aromatic nitrogens is 1. The second-order valence-corrected chi connectivity index (χ2v) is 8.59. The molecule has 11 heteroatoms. The van der Waals surface area contributed by atoms with Crippen LogP contribution in [-0.4, -0.2) is 48.1 Å². The van der Waals surface area contributed by atoms with Crippen LogP contribution in [0.2, 0.25) is 0 Å². The van der Waals surface area contributed by atoms with E-state index in [1.54, 1.807) is 30.1 Å². The molecule has 1 saturated heterocycles. The van der Waals surface area contributed by atoms with Gasteiger partial charge < -0.3 is 30.7 Å². The molecule has 34 heavy (non-hydrogen) atoms. The van der Waals surface area contributed by atoms with E-state index in [0.717, 1.165) is 25.9 Å². The first kappa shape index (κ1) is 26.9. The van der Waals surface area contributed by atoms with E-state index < -0.39 is 6.36 Å². The number of ether oxygens (including phenoxy) is 2. The van der Waals surface area contributed by atoms with Crippen molar-refractivity contribution >= 4 is 23.3 Å². The minimum absolute atomic E-state index is 0.129. The summed E-state index contributed by atoms with van der Waals surface area (Å²) < 4.78 is 46.3. The van der Waals surface area contributed by atoms with E-state index in [1.807, 2.05) is 20.8 Å². The van der Waals surface area contributed by atoms with Crippen molar-refractivity contribution in [2.75, 3.05) is 36.5 Å². The molecule has 0 unspecified atom stereocenters. The highest BCUT2D eigenvalue weighted by Gasteiger charge is 2.32. The number of benzene rings is 1. The van der Waals surface area contributed by atoms with Gasteiger partial charge in [0.2, 0.25) is 0 Å². The Balaban J connectivity index is 0.000000287. The lowest BCUT2D eigenvalue weighted by atomic mass is 10.2. The molecule has 2 aromatic rings. The van der Waals surface area contributed by atoms with Crippen molar-refractivity contribution in [3.05, 3.63) is 42.1 Å². The Morgan fingerprint density at radius 1 is 1.18 bits per heavy atom. The van der Waals surface area contributed by atoms with Gasteiger partial charge in [-0.1, -0.05) is 18.2 Å². The maximum absolute atomic E-state index is 12.4. The first-order chi connectivity index (χ1) is 15.9. The van der Waals surface area contributed by atoms with E-state index in [4.69, 9.17) is 10.5 Å². The lowest BCUT2D eigenvalue weighted by molar-refractivity contribution is -0.274. The zero-order chi connectivity index (χ0) is 25.4. The monoisotopic (exact) mass is 483 g/mol. The molecule has 3 rings (SSSR count). The number of nitrogen functional groups attached to an aromatic ring is 1. The van der Waals surface area contributed by atoms with Gasteiger partial charge in [0, 0.05) is 38.3 Å². The molecule has 1 aromatic heterocycles. The topological polar surface area (TPSA) is 102 Å². The number of nitrogens with zero attached hydrogens (tertiary/aromatic N) is 2. The molecule has 1 aliphatic heterocycles. The van der Waals surface area contributed by atoms with Gasteiger partial charge >= 0.3 is 12.5 Å². The molecule has 0 saturated carbocycles. The van der Waals surface area contributed by atoms with Crippen LogP contribution in [-0.2, 0) is 11.3 Å². The van der Waals surface area contributed by atoms with Crippen LogP contribution in [0.3, 0.4) is 0 Å². The fourth-order valence-corrected chi connectivity index (χ4v) is 3.05. The summed E-state index contributed by atoms with van der Waals surface area (Å²) in [5.74, 6) is 0.348. The average Bonchev–Trinajstić information content (AvgIpc) is 3.27. The van der Waals surface area contributed by atoms with Gasteiger partial charge in [-0.25, -0.2) is 9.78 Å². The third kappa shape index (κ3) is 9.24. The number of carbonyl (C=O) groups is 1. The molecule has 4 N–H and O–H groups in total. The summed E-state index contributed by atoms with van der Waals surface area (Å²) in [6.07, 6.45) is -1.21. The quantitative estimate of drug-likeness (QED) is 0.535. The molecule has 1 amide bonds. The number of likely N-dealkylation sites (tertiary alicyclic amines) is 1. The number of amides is 1. The van der Waals surface area contributed by atoms with Gasteiger partial charge in [0.05, 0.1) is 17.6 Å². The fourth-order valence-electron chi connectivity index (χ4n) is 3.05. The van der Waals surface area contributed by atoms with Gasteiger partial charge in [0.25, 0.3) is 0 Å². The summed E-state index contributed by atoms with van der Waals surface area (Å²) in [6.45, 7) is 7.51. The molecule has 8 nitrogen and oxygen atoms in total. The highest BCUT2D eigenvalue weighted by molar-refractivity contribution is 5.69. The van der Waals surface area contributed by atoms with Crippen molar-refractivity contribution in [3.8, 4) is 5.75 Å². The van der Waals surface area contributed by atoms with Crippen molar-refractivity contribution in [2.45, 2.75) is 52.1 Å².